The van der Waals surface area contributed by atoms with E-state index in [4.69, 9.17) is 9.47 Å². The number of nitro benzene ring substituents is 1. The zero-order valence-electron chi connectivity index (χ0n) is 12.0. The third-order valence-electron chi connectivity index (χ3n) is 3.64. The van der Waals surface area contributed by atoms with Gasteiger partial charge >= 0.3 is 0 Å². The van der Waals surface area contributed by atoms with Crippen LogP contribution in [0.2, 0.25) is 0 Å². The second kappa shape index (κ2) is 6.75. The third-order valence-corrected chi connectivity index (χ3v) is 3.64. The molecule has 0 bridgehead atoms. The average Bonchev–Trinajstić information content (AvgIpc) is 2.89. The van der Waals surface area contributed by atoms with Gasteiger partial charge in [0.1, 0.15) is 0 Å². The summed E-state index contributed by atoms with van der Waals surface area (Å²) in [5.41, 5.74) is 0.269. The molecule has 0 amide bonds. The minimum atomic E-state index is -0.505. The monoisotopic (exact) mass is 294 g/mol. The summed E-state index contributed by atoms with van der Waals surface area (Å²) in [4.78, 5) is 24.4. The smallest absolute Gasteiger partial charge is 0.270 e. The van der Waals surface area contributed by atoms with E-state index in [-0.39, 0.29) is 30.2 Å². The van der Waals surface area contributed by atoms with Gasteiger partial charge in [-0.15, -0.1) is 0 Å². The van der Waals surface area contributed by atoms with Crippen LogP contribution in [-0.2, 0) is 9.47 Å². The molecule has 2 unspecified atom stereocenters. The summed E-state index contributed by atoms with van der Waals surface area (Å²) in [6.07, 6.45) is -0.124. The van der Waals surface area contributed by atoms with Crippen molar-refractivity contribution in [3.05, 3.63) is 39.9 Å². The molecule has 7 nitrogen and oxygen atoms in total. The van der Waals surface area contributed by atoms with E-state index in [2.05, 4.69) is 0 Å². The van der Waals surface area contributed by atoms with Gasteiger partial charge in [0, 0.05) is 45.0 Å². The van der Waals surface area contributed by atoms with Crippen LogP contribution in [0.4, 0.5) is 5.69 Å². The van der Waals surface area contributed by atoms with E-state index < -0.39 is 4.92 Å². The third kappa shape index (κ3) is 3.63. The topological polar surface area (TPSA) is 81.9 Å². The second-order valence-electron chi connectivity index (χ2n) is 4.97. The zero-order valence-corrected chi connectivity index (χ0v) is 12.0. The average molecular weight is 294 g/mol. The molecular weight excluding hydrogens is 276 g/mol. The van der Waals surface area contributed by atoms with Crippen molar-refractivity contribution in [2.45, 2.75) is 12.2 Å². The highest BCUT2D eigenvalue weighted by Gasteiger charge is 2.33. The number of rotatable bonds is 6. The molecule has 2 atom stereocenters. The van der Waals surface area contributed by atoms with Crippen molar-refractivity contribution in [2.75, 3.05) is 33.9 Å². The number of Topliss-reactive ketones (excluding diaryl/α,β-unsaturated/α-hetero) is 1. The minimum absolute atomic E-state index is 0.0621. The number of ether oxygens (including phenoxy) is 2. The van der Waals surface area contributed by atoms with Crippen molar-refractivity contribution in [3.63, 3.8) is 0 Å². The Labute approximate surface area is 122 Å². The Morgan fingerprint density at radius 1 is 1.33 bits per heavy atom. The van der Waals surface area contributed by atoms with E-state index in [1.165, 1.54) is 18.2 Å². The van der Waals surface area contributed by atoms with Gasteiger partial charge in [-0.05, 0) is 0 Å². The van der Waals surface area contributed by atoms with E-state index >= 15 is 0 Å². The molecule has 0 N–H and O–H groups in total. The molecule has 1 aromatic rings. The Balaban J connectivity index is 2.02. The molecule has 1 heterocycles. The first kappa shape index (κ1) is 15.6. The summed E-state index contributed by atoms with van der Waals surface area (Å²) in [6.45, 7) is 1.41. The van der Waals surface area contributed by atoms with E-state index in [0.717, 1.165) is 0 Å². The summed E-state index contributed by atoms with van der Waals surface area (Å²) >= 11 is 0. The number of methoxy groups -OCH3 is 2. The number of likely N-dealkylation sites (tertiary alicyclic amines) is 1. The molecule has 0 saturated carbocycles. The maximum absolute atomic E-state index is 12.2. The number of carbonyl (C=O) groups excluding carboxylic acids is 1. The van der Waals surface area contributed by atoms with Gasteiger partial charge in [0.2, 0.25) is 0 Å². The predicted molar refractivity (Wildman–Crippen MR) is 75.5 cm³/mol. The van der Waals surface area contributed by atoms with Crippen molar-refractivity contribution in [2.24, 2.45) is 0 Å². The first-order chi connectivity index (χ1) is 10.0. The molecule has 1 aliphatic rings. The highest BCUT2D eigenvalue weighted by Crippen LogP contribution is 2.18. The number of non-ortho nitro benzene ring substituents is 1. The minimum Gasteiger partial charge on any atom is -0.377 e. The molecule has 21 heavy (non-hydrogen) atoms. The quantitative estimate of drug-likeness (QED) is 0.444. The lowest BCUT2D eigenvalue weighted by Crippen LogP contribution is -2.29. The molecule has 1 saturated heterocycles. The fourth-order valence-electron chi connectivity index (χ4n) is 2.49. The fourth-order valence-corrected chi connectivity index (χ4v) is 2.49. The van der Waals surface area contributed by atoms with Gasteiger partial charge in [0.15, 0.2) is 5.78 Å². The van der Waals surface area contributed by atoms with E-state index in [1.54, 1.807) is 20.3 Å². The summed E-state index contributed by atoms with van der Waals surface area (Å²) in [7, 11) is 3.23. The number of nitro groups is 1. The number of hydrogen-bond acceptors (Lipinski definition) is 6. The van der Waals surface area contributed by atoms with Crippen LogP contribution >= 0.6 is 0 Å². The zero-order chi connectivity index (χ0) is 15.4. The van der Waals surface area contributed by atoms with Gasteiger partial charge in [-0.2, -0.15) is 0 Å². The Kier molecular flexibility index (Phi) is 5.00. The van der Waals surface area contributed by atoms with E-state index in [0.29, 0.717) is 18.7 Å². The van der Waals surface area contributed by atoms with Crippen molar-refractivity contribution in [3.8, 4) is 0 Å². The van der Waals surface area contributed by atoms with Gasteiger partial charge in [-0.25, -0.2) is 0 Å². The maximum atomic E-state index is 12.2. The Bertz CT molecular complexity index is 522. The van der Waals surface area contributed by atoms with E-state index in [9.17, 15) is 14.9 Å². The van der Waals surface area contributed by atoms with E-state index in [1.807, 2.05) is 4.90 Å². The van der Waals surface area contributed by atoms with Crippen LogP contribution in [0.1, 0.15) is 10.4 Å². The van der Waals surface area contributed by atoms with Crippen molar-refractivity contribution < 1.29 is 19.2 Å². The van der Waals surface area contributed by atoms with Crippen LogP contribution in [0.25, 0.3) is 0 Å². The molecule has 1 fully saturated rings. The summed E-state index contributed by atoms with van der Waals surface area (Å²) in [5.74, 6) is -0.148. The number of carbonyl (C=O) groups is 1. The summed E-state index contributed by atoms with van der Waals surface area (Å²) in [5, 5.41) is 10.7. The first-order valence-corrected chi connectivity index (χ1v) is 6.60. The van der Waals surface area contributed by atoms with Crippen LogP contribution in [0.5, 0.6) is 0 Å². The highest BCUT2D eigenvalue weighted by atomic mass is 16.6. The number of ketones is 1. The molecule has 1 aromatic carbocycles. The molecule has 2 rings (SSSR count). The van der Waals surface area contributed by atoms with Crippen LogP contribution in [0, 0.1) is 10.1 Å². The molecule has 7 heteroatoms. The number of hydrogen-bond donors (Lipinski definition) is 0. The Hall–Kier alpha value is -1.83. The van der Waals surface area contributed by atoms with Crippen molar-refractivity contribution >= 4 is 11.5 Å². The maximum Gasteiger partial charge on any atom is 0.270 e. The fraction of sp³-hybridized carbons (Fsp3) is 0.500. The van der Waals surface area contributed by atoms with Gasteiger partial charge in [-0.3, -0.25) is 19.8 Å². The van der Waals surface area contributed by atoms with Crippen LogP contribution in [0.15, 0.2) is 24.3 Å². The predicted octanol–water partition coefficient (Wildman–Crippen LogP) is 1.12. The SMILES string of the molecule is COC1CN(CC(=O)c2cccc([N+](=O)[O-])c2)CC1OC. The molecule has 0 spiro atoms. The molecule has 0 radical (unpaired) electrons. The second-order valence-corrected chi connectivity index (χ2v) is 4.97. The standard InChI is InChI=1S/C14H18N2O5/c1-20-13-8-15(9-14(13)21-2)7-12(17)10-4-3-5-11(6-10)16(18)19/h3-6,13-14H,7-9H2,1-2H3. The summed E-state index contributed by atoms with van der Waals surface area (Å²) in [6, 6.07) is 5.78. The Morgan fingerprint density at radius 2 is 1.95 bits per heavy atom. The number of nitrogens with zero attached hydrogens (tertiary/aromatic N) is 2. The number of benzene rings is 1. The summed E-state index contributed by atoms with van der Waals surface area (Å²) < 4.78 is 10.6. The van der Waals surface area contributed by atoms with Crippen molar-refractivity contribution in [1.29, 1.82) is 0 Å². The van der Waals surface area contributed by atoms with Crippen molar-refractivity contribution in [1.82, 2.24) is 4.90 Å². The molecule has 1 aliphatic heterocycles. The van der Waals surface area contributed by atoms with Crippen LogP contribution < -0.4 is 0 Å². The van der Waals surface area contributed by atoms with Crippen LogP contribution in [0.3, 0.4) is 0 Å². The van der Waals surface area contributed by atoms with Gasteiger partial charge < -0.3 is 9.47 Å². The first-order valence-electron chi connectivity index (χ1n) is 6.60. The lowest BCUT2D eigenvalue weighted by molar-refractivity contribution is -0.384. The lowest BCUT2D eigenvalue weighted by Gasteiger charge is -2.13. The Morgan fingerprint density at radius 3 is 2.48 bits per heavy atom. The van der Waals surface area contributed by atoms with Gasteiger partial charge in [0.25, 0.3) is 5.69 Å². The lowest BCUT2D eigenvalue weighted by atomic mass is 10.1. The molecule has 0 aromatic heterocycles. The van der Waals surface area contributed by atoms with Gasteiger partial charge in [-0.1, -0.05) is 12.1 Å². The van der Waals surface area contributed by atoms with Gasteiger partial charge in [0.05, 0.1) is 23.7 Å². The largest absolute Gasteiger partial charge is 0.377 e. The molecule has 114 valence electrons. The molecular formula is C14H18N2O5. The molecule has 0 aliphatic carbocycles. The normalized spacial score (nSPS) is 22.4. The van der Waals surface area contributed by atoms with Crippen LogP contribution in [-0.4, -0.2) is 61.7 Å². The highest BCUT2D eigenvalue weighted by molar-refractivity contribution is 5.98.